The molecule has 0 saturated heterocycles. The maximum atomic E-state index is 9.91. The van der Waals surface area contributed by atoms with E-state index in [1.807, 2.05) is 0 Å². The van der Waals surface area contributed by atoms with Crippen LogP contribution in [0.4, 0.5) is 0 Å². The van der Waals surface area contributed by atoms with Crippen LogP contribution in [-0.4, -0.2) is 48.8 Å². The summed E-state index contributed by atoms with van der Waals surface area (Å²) < 4.78 is 0. The van der Waals surface area contributed by atoms with Crippen molar-refractivity contribution in [3.05, 3.63) is 0 Å². The van der Waals surface area contributed by atoms with Gasteiger partial charge in [-0.25, -0.2) is 0 Å². The summed E-state index contributed by atoms with van der Waals surface area (Å²) in [7, 11) is 2.14. The highest BCUT2D eigenvalue weighted by atomic mass is 16.3. The maximum Gasteiger partial charge on any atom is 0.0667 e. The molecule has 1 aliphatic rings. The van der Waals surface area contributed by atoms with E-state index in [1.165, 1.54) is 25.7 Å². The Kier molecular flexibility index (Phi) is 7.09. The molecule has 1 fully saturated rings. The minimum absolute atomic E-state index is 0.151. The molecule has 1 aliphatic carbocycles. The molecular formula is C14H30N2O. The average molecular weight is 242 g/mol. The first-order chi connectivity index (χ1) is 8.09. The lowest BCUT2D eigenvalue weighted by molar-refractivity contribution is 0.139. The molecule has 0 aromatic rings. The normalized spacial score (nSPS) is 19.4. The lowest BCUT2D eigenvalue weighted by atomic mass is 10.0. The molecule has 0 amide bonds. The number of aliphatic hydroxyl groups is 1. The van der Waals surface area contributed by atoms with Gasteiger partial charge < -0.3 is 15.3 Å². The summed E-state index contributed by atoms with van der Waals surface area (Å²) >= 11 is 0. The average Bonchev–Trinajstić information content (AvgIpc) is 2.76. The second-order valence-electron chi connectivity index (χ2n) is 5.82. The predicted molar refractivity (Wildman–Crippen MR) is 73.2 cm³/mol. The van der Waals surface area contributed by atoms with Gasteiger partial charge in [-0.3, -0.25) is 0 Å². The summed E-state index contributed by atoms with van der Waals surface area (Å²) in [5.41, 5.74) is 0. The Morgan fingerprint density at radius 3 is 2.53 bits per heavy atom. The third-order valence-corrected chi connectivity index (χ3v) is 3.98. The number of rotatable bonds is 8. The quantitative estimate of drug-likeness (QED) is 0.638. The second-order valence-corrected chi connectivity index (χ2v) is 5.82. The highest BCUT2D eigenvalue weighted by Gasteiger charge is 2.18. The molecular weight excluding hydrogens is 212 g/mol. The van der Waals surface area contributed by atoms with Gasteiger partial charge in [0, 0.05) is 25.7 Å². The first-order valence-corrected chi connectivity index (χ1v) is 7.18. The van der Waals surface area contributed by atoms with Gasteiger partial charge in [0.1, 0.15) is 0 Å². The standard InChI is InChI=1S/C14H30N2O/c1-12(2)16(3)9-8-15-11-14(17)10-13-6-4-5-7-13/h12-15,17H,4-11H2,1-3H3. The summed E-state index contributed by atoms with van der Waals surface area (Å²) in [5, 5.41) is 13.3. The van der Waals surface area contributed by atoms with Gasteiger partial charge in [-0.05, 0) is 33.2 Å². The Labute approximate surface area is 107 Å². The molecule has 2 N–H and O–H groups in total. The van der Waals surface area contributed by atoms with Crippen molar-refractivity contribution in [1.29, 1.82) is 0 Å². The van der Waals surface area contributed by atoms with Crippen molar-refractivity contribution < 1.29 is 5.11 Å². The molecule has 102 valence electrons. The molecule has 1 saturated carbocycles. The van der Waals surface area contributed by atoms with Gasteiger partial charge in [-0.1, -0.05) is 25.7 Å². The van der Waals surface area contributed by atoms with E-state index in [-0.39, 0.29) is 6.10 Å². The van der Waals surface area contributed by atoms with Crippen LogP contribution in [0.15, 0.2) is 0 Å². The van der Waals surface area contributed by atoms with Crippen molar-refractivity contribution in [1.82, 2.24) is 10.2 Å². The molecule has 1 unspecified atom stereocenters. The van der Waals surface area contributed by atoms with E-state index in [4.69, 9.17) is 0 Å². The van der Waals surface area contributed by atoms with E-state index in [9.17, 15) is 5.11 Å². The Bertz CT molecular complexity index is 191. The molecule has 1 rings (SSSR count). The number of aliphatic hydroxyl groups excluding tert-OH is 1. The minimum atomic E-state index is -0.151. The monoisotopic (exact) mass is 242 g/mol. The van der Waals surface area contributed by atoms with Crippen LogP contribution in [0.1, 0.15) is 46.0 Å². The van der Waals surface area contributed by atoms with Crippen molar-refractivity contribution in [3.63, 3.8) is 0 Å². The van der Waals surface area contributed by atoms with Crippen LogP contribution < -0.4 is 5.32 Å². The van der Waals surface area contributed by atoms with Gasteiger partial charge in [-0.15, -0.1) is 0 Å². The number of hydrogen-bond donors (Lipinski definition) is 2. The van der Waals surface area contributed by atoms with E-state index in [0.717, 1.165) is 32.0 Å². The van der Waals surface area contributed by atoms with Crippen molar-refractivity contribution in [2.75, 3.05) is 26.7 Å². The maximum absolute atomic E-state index is 9.91. The Hall–Kier alpha value is -0.120. The first-order valence-electron chi connectivity index (χ1n) is 7.18. The fourth-order valence-corrected chi connectivity index (χ4v) is 2.50. The van der Waals surface area contributed by atoms with Gasteiger partial charge in [0.05, 0.1) is 6.10 Å². The Morgan fingerprint density at radius 2 is 1.94 bits per heavy atom. The van der Waals surface area contributed by atoms with Gasteiger partial charge in [0.25, 0.3) is 0 Å². The van der Waals surface area contributed by atoms with Crippen molar-refractivity contribution in [3.8, 4) is 0 Å². The molecule has 0 radical (unpaired) electrons. The van der Waals surface area contributed by atoms with Gasteiger partial charge in [0.2, 0.25) is 0 Å². The van der Waals surface area contributed by atoms with Crippen LogP contribution in [0.2, 0.25) is 0 Å². The second kappa shape index (κ2) is 8.06. The Morgan fingerprint density at radius 1 is 1.29 bits per heavy atom. The smallest absolute Gasteiger partial charge is 0.0667 e. The van der Waals surface area contributed by atoms with Crippen molar-refractivity contribution >= 4 is 0 Å². The van der Waals surface area contributed by atoms with Gasteiger partial charge in [0.15, 0.2) is 0 Å². The lowest BCUT2D eigenvalue weighted by Gasteiger charge is -2.22. The first kappa shape index (κ1) is 14.9. The zero-order valence-electron chi connectivity index (χ0n) is 11.8. The van der Waals surface area contributed by atoms with E-state index < -0.39 is 0 Å². The third kappa shape index (κ3) is 6.39. The number of likely N-dealkylation sites (N-methyl/N-ethyl adjacent to an activating group) is 1. The number of hydrogen-bond acceptors (Lipinski definition) is 3. The molecule has 1 atom stereocenters. The largest absolute Gasteiger partial charge is 0.392 e. The summed E-state index contributed by atoms with van der Waals surface area (Å²) in [6, 6.07) is 0.597. The van der Waals surface area contributed by atoms with Gasteiger partial charge in [-0.2, -0.15) is 0 Å². The highest BCUT2D eigenvalue weighted by molar-refractivity contribution is 4.72. The SMILES string of the molecule is CC(C)N(C)CCNCC(O)CC1CCCC1. The highest BCUT2D eigenvalue weighted by Crippen LogP contribution is 2.28. The van der Waals surface area contributed by atoms with Crippen LogP contribution >= 0.6 is 0 Å². The summed E-state index contributed by atoms with van der Waals surface area (Å²) in [5.74, 6) is 0.783. The van der Waals surface area contributed by atoms with E-state index in [2.05, 4.69) is 31.1 Å². The lowest BCUT2D eigenvalue weighted by Crippen LogP contribution is -2.36. The van der Waals surface area contributed by atoms with E-state index in [1.54, 1.807) is 0 Å². The molecule has 0 aliphatic heterocycles. The zero-order chi connectivity index (χ0) is 12.7. The summed E-state index contributed by atoms with van der Waals surface area (Å²) in [6.45, 7) is 7.18. The molecule has 0 aromatic heterocycles. The predicted octanol–water partition coefficient (Wildman–Crippen LogP) is 1.86. The van der Waals surface area contributed by atoms with Crippen molar-refractivity contribution in [2.45, 2.75) is 58.1 Å². The van der Waals surface area contributed by atoms with E-state index in [0.29, 0.717) is 6.04 Å². The minimum Gasteiger partial charge on any atom is -0.392 e. The molecule has 0 spiro atoms. The molecule has 0 heterocycles. The fraction of sp³-hybridized carbons (Fsp3) is 1.00. The van der Waals surface area contributed by atoms with Crippen LogP contribution in [0.5, 0.6) is 0 Å². The summed E-state index contributed by atoms with van der Waals surface area (Å²) in [6.07, 6.45) is 6.23. The number of nitrogens with one attached hydrogen (secondary N) is 1. The molecule has 3 heteroatoms. The Balaban J connectivity index is 1.98. The van der Waals surface area contributed by atoms with Crippen LogP contribution in [0, 0.1) is 5.92 Å². The molecule has 3 nitrogen and oxygen atoms in total. The topological polar surface area (TPSA) is 35.5 Å². The van der Waals surface area contributed by atoms with E-state index >= 15 is 0 Å². The van der Waals surface area contributed by atoms with Gasteiger partial charge >= 0.3 is 0 Å². The summed E-state index contributed by atoms with van der Waals surface area (Å²) in [4.78, 5) is 2.32. The van der Waals surface area contributed by atoms with Crippen LogP contribution in [-0.2, 0) is 0 Å². The number of nitrogens with zero attached hydrogens (tertiary/aromatic N) is 1. The van der Waals surface area contributed by atoms with Crippen LogP contribution in [0.25, 0.3) is 0 Å². The molecule has 0 aromatic carbocycles. The van der Waals surface area contributed by atoms with Crippen LogP contribution in [0.3, 0.4) is 0 Å². The molecule has 17 heavy (non-hydrogen) atoms. The fourth-order valence-electron chi connectivity index (χ4n) is 2.50. The molecule has 0 bridgehead atoms. The third-order valence-electron chi connectivity index (χ3n) is 3.98. The zero-order valence-corrected chi connectivity index (χ0v) is 11.8. The van der Waals surface area contributed by atoms with Crippen molar-refractivity contribution in [2.24, 2.45) is 5.92 Å².